The van der Waals surface area contributed by atoms with Crippen molar-refractivity contribution in [1.29, 1.82) is 0 Å². The second-order valence-corrected chi connectivity index (χ2v) is 5.61. The molecule has 0 aliphatic heterocycles. The lowest BCUT2D eigenvalue weighted by Gasteiger charge is -2.41. The minimum absolute atomic E-state index is 0.0483. The summed E-state index contributed by atoms with van der Waals surface area (Å²) < 4.78 is 5.29. The summed E-state index contributed by atoms with van der Waals surface area (Å²) in [7, 11) is 0. The molecule has 2 atom stereocenters. The lowest BCUT2D eigenvalue weighted by Crippen LogP contribution is -2.59. The number of hydrogen-bond acceptors (Lipinski definition) is 3. The first-order chi connectivity index (χ1) is 8.03. The van der Waals surface area contributed by atoms with Gasteiger partial charge >= 0.3 is 5.97 Å². The molecule has 100 valence electrons. The fraction of sp³-hybridized carbons (Fsp3) is 0.929. The maximum absolute atomic E-state index is 12.3. The van der Waals surface area contributed by atoms with Gasteiger partial charge in [0.25, 0.3) is 0 Å². The van der Waals surface area contributed by atoms with Crippen molar-refractivity contribution in [3.05, 3.63) is 0 Å². The number of rotatable bonds is 5. The highest BCUT2D eigenvalue weighted by Gasteiger charge is 2.45. The molecular formula is C14H27NO2. The molecule has 0 heterocycles. The first-order valence-corrected chi connectivity index (χ1v) is 6.95. The lowest BCUT2D eigenvalue weighted by atomic mass is 9.73. The second-order valence-electron chi connectivity index (χ2n) is 5.61. The highest BCUT2D eigenvalue weighted by atomic mass is 16.5. The van der Waals surface area contributed by atoms with Crippen LogP contribution in [0.4, 0.5) is 0 Å². The monoisotopic (exact) mass is 241 g/mol. The molecule has 1 aliphatic rings. The van der Waals surface area contributed by atoms with Crippen LogP contribution >= 0.6 is 0 Å². The van der Waals surface area contributed by atoms with Crippen LogP contribution in [0.1, 0.15) is 53.4 Å². The highest BCUT2D eigenvalue weighted by Crippen LogP contribution is 2.34. The van der Waals surface area contributed by atoms with E-state index in [4.69, 9.17) is 4.74 Å². The summed E-state index contributed by atoms with van der Waals surface area (Å²) in [6.45, 7) is 9.73. The van der Waals surface area contributed by atoms with E-state index in [1.807, 2.05) is 6.92 Å². The summed E-state index contributed by atoms with van der Waals surface area (Å²) in [5.74, 6) is 0.873. The molecule has 2 unspecified atom stereocenters. The number of hydrogen-bond donors (Lipinski definition) is 1. The van der Waals surface area contributed by atoms with Crippen LogP contribution in [0, 0.1) is 11.8 Å². The Bertz CT molecular complexity index is 253. The van der Waals surface area contributed by atoms with Crippen molar-refractivity contribution in [1.82, 2.24) is 5.32 Å². The SMILES string of the molecule is CCOC(=O)C1(NCC(C)C)CCCCC1C. The zero-order valence-corrected chi connectivity index (χ0v) is 11.7. The number of carbonyl (C=O) groups excluding carboxylic acids is 1. The number of carbonyl (C=O) groups is 1. The van der Waals surface area contributed by atoms with E-state index < -0.39 is 5.54 Å². The maximum atomic E-state index is 12.3. The third kappa shape index (κ3) is 3.44. The average Bonchev–Trinajstić information content (AvgIpc) is 2.28. The highest BCUT2D eigenvalue weighted by molar-refractivity contribution is 5.81. The van der Waals surface area contributed by atoms with E-state index in [9.17, 15) is 4.79 Å². The summed E-state index contributed by atoms with van der Waals surface area (Å²) in [6.07, 6.45) is 4.38. The van der Waals surface area contributed by atoms with Crippen LogP contribution in [0.5, 0.6) is 0 Å². The molecule has 3 nitrogen and oxygen atoms in total. The second kappa shape index (κ2) is 6.39. The van der Waals surface area contributed by atoms with Gasteiger partial charge in [-0.1, -0.05) is 33.6 Å². The van der Waals surface area contributed by atoms with E-state index in [-0.39, 0.29) is 5.97 Å². The Labute approximate surface area is 105 Å². The summed E-state index contributed by atoms with van der Waals surface area (Å²) >= 11 is 0. The van der Waals surface area contributed by atoms with Crippen molar-refractivity contribution in [2.45, 2.75) is 58.9 Å². The molecule has 0 aromatic heterocycles. The average molecular weight is 241 g/mol. The standard InChI is InChI=1S/C14H27NO2/c1-5-17-13(16)14(15-10-11(2)3)9-7-6-8-12(14)4/h11-12,15H,5-10H2,1-4H3. The van der Waals surface area contributed by atoms with Gasteiger partial charge in [0.2, 0.25) is 0 Å². The van der Waals surface area contributed by atoms with Gasteiger partial charge in [-0.05, 0) is 38.1 Å². The minimum Gasteiger partial charge on any atom is -0.465 e. The molecule has 17 heavy (non-hydrogen) atoms. The van der Waals surface area contributed by atoms with E-state index in [0.717, 1.165) is 25.8 Å². The Morgan fingerprint density at radius 1 is 1.47 bits per heavy atom. The Balaban J connectivity index is 2.78. The molecule has 0 spiro atoms. The molecule has 1 saturated carbocycles. The van der Waals surface area contributed by atoms with Crippen LogP contribution in [-0.4, -0.2) is 24.7 Å². The van der Waals surface area contributed by atoms with Crippen molar-refractivity contribution >= 4 is 5.97 Å². The van der Waals surface area contributed by atoms with Crippen molar-refractivity contribution in [2.75, 3.05) is 13.2 Å². The molecule has 0 aromatic rings. The molecule has 1 rings (SSSR count). The largest absolute Gasteiger partial charge is 0.465 e. The number of nitrogens with one attached hydrogen (secondary N) is 1. The zero-order chi connectivity index (χ0) is 12.9. The van der Waals surface area contributed by atoms with Crippen LogP contribution in [0.3, 0.4) is 0 Å². The maximum Gasteiger partial charge on any atom is 0.326 e. The van der Waals surface area contributed by atoms with Crippen LogP contribution in [0.25, 0.3) is 0 Å². The lowest BCUT2D eigenvalue weighted by molar-refractivity contribution is -0.155. The van der Waals surface area contributed by atoms with Crippen LogP contribution in [0.2, 0.25) is 0 Å². The van der Waals surface area contributed by atoms with Crippen molar-refractivity contribution in [2.24, 2.45) is 11.8 Å². The fourth-order valence-corrected chi connectivity index (χ4v) is 2.63. The number of ether oxygens (including phenoxy) is 1. The van der Waals surface area contributed by atoms with Gasteiger partial charge in [-0.3, -0.25) is 4.79 Å². The van der Waals surface area contributed by atoms with Crippen LogP contribution < -0.4 is 5.32 Å². The molecular weight excluding hydrogens is 214 g/mol. The molecule has 1 aliphatic carbocycles. The van der Waals surface area contributed by atoms with Crippen LogP contribution in [0.15, 0.2) is 0 Å². The summed E-state index contributed by atoms with van der Waals surface area (Å²) in [5, 5.41) is 3.49. The molecule has 1 N–H and O–H groups in total. The smallest absolute Gasteiger partial charge is 0.326 e. The summed E-state index contributed by atoms with van der Waals surface area (Å²) in [4.78, 5) is 12.3. The van der Waals surface area contributed by atoms with Crippen molar-refractivity contribution < 1.29 is 9.53 Å². The van der Waals surface area contributed by atoms with Gasteiger partial charge in [-0.15, -0.1) is 0 Å². The van der Waals surface area contributed by atoms with Gasteiger partial charge in [0.15, 0.2) is 0 Å². The molecule has 1 fully saturated rings. The van der Waals surface area contributed by atoms with Gasteiger partial charge in [-0.25, -0.2) is 0 Å². The molecule has 0 radical (unpaired) electrons. The van der Waals surface area contributed by atoms with E-state index in [1.165, 1.54) is 6.42 Å². The first kappa shape index (κ1) is 14.5. The fourth-order valence-electron chi connectivity index (χ4n) is 2.63. The molecule has 0 saturated heterocycles. The van der Waals surface area contributed by atoms with Gasteiger partial charge in [-0.2, -0.15) is 0 Å². The zero-order valence-electron chi connectivity index (χ0n) is 11.7. The Hall–Kier alpha value is -0.570. The summed E-state index contributed by atoms with van der Waals surface area (Å²) in [6, 6.07) is 0. The first-order valence-electron chi connectivity index (χ1n) is 6.95. The topological polar surface area (TPSA) is 38.3 Å². The number of esters is 1. The van der Waals surface area contributed by atoms with Gasteiger partial charge in [0.05, 0.1) is 6.61 Å². The van der Waals surface area contributed by atoms with E-state index in [2.05, 4.69) is 26.1 Å². The van der Waals surface area contributed by atoms with E-state index >= 15 is 0 Å². The van der Waals surface area contributed by atoms with Gasteiger partial charge in [0.1, 0.15) is 5.54 Å². The predicted octanol–water partition coefficient (Wildman–Crippen LogP) is 2.74. The predicted molar refractivity (Wildman–Crippen MR) is 69.8 cm³/mol. The van der Waals surface area contributed by atoms with Crippen LogP contribution in [-0.2, 0) is 9.53 Å². The quantitative estimate of drug-likeness (QED) is 0.752. The van der Waals surface area contributed by atoms with E-state index in [1.54, 1.807) is 0 Å². The van der Waals surface area contributed by atoms with E-state index in [0.29, 0.717) is 18.4 Å². The van der Waals surface area contributed by atoms with Crippen molar-refractivity contribution in [3.8, 4) is 0 Å². The molecule has 0 aromatic carbocycles. The Morgan fingerprint density at radius 2 is 2.18 bits per heavy atom. The van der Waals surface area contributed by atoms with Gasteiger partial charge < -0.3 is 10.1 Å². The van der Waals surface area contributed by atoms with Gasteiger partial charge in [0, 0.05) is 0 Å². The molecule has 3 heteroatoms. The Morgan fingerprint density at radius 3 is 2.71 bits per heavy atom. The van der Waals surface area contributed by atoms with Crippen molar-refractivity contribution in [3.63, 3.8) is 0 Å². The third-order valence-electron chi connectivity index (χ3n) is 3.76. The Kier molecular flexibility index (Phi) is 5.44. The molecule has 0 bridgehead atoms. The molecule has 0 amide bonds. The summed E-state index contributed by atoms with van der Waals surface area (Å²) in [5.41, 5.74) is -0.432. The normalized spacial score (nSPS) is 29.4. The minimum atomic E-state index is -0.432. The third-order valence-corrected chi connectivity index (χ3v) is 3.76.